The second-order valence-electron chi connectivity index (χ2n) is 2.26. The summed E-state index contributed by atoms with van der Waals surface area (Å²) in [6.45, 7) is 0.679. The van der Waals surface area contributed by atoms with E-state index in [0.717, 1.165) is 6.42 Å². The van der Waals surface area contributed by atoms with E-state index in [1.54, 1.807) is 11.3 Å². The predicted molar refractivity (Wildman–Crippen MR) is 76.8 cm³/mol. The molecule has 74 valence electrons. The number of hydrogen-bond donors (Lipinski definition) is 2. The quantitative estimate of drug-likeness (QED) is 0.443. The van der Waals surface area contributed by atoms with E-state index in [1.165, 1.54) is 7.76 Å². The standard InChI is InChI=1S/C7H10IN3S.HI/c8-6-2-1-5(12-6)3-4-11-7(9)10;/h1-2H,3-4H2,(H4,9,10,11);1H. The molecule has 3 nitrogen and oxygen atoms in total. The lowest BCUT2D eigenvalue weighted by atomic mass is 10.3. The van der Waals surface area contributed by atoms with Crippen LogP contribution < -0.4 is 11.5 Å². The fraction of sp³-hybridized carbons (Fsp3) is 0.286. The van der Waals surface area contributed by atoms with E-state index in [2.05, 4.69) is 39.7 Å². The topological polar surface area (TPSA) is 64.4 Å². The van der Waals surface area contributed by atoms with Crippen LogP contribution in [0.25, 0.3) is 0 Å². The Hall–Kier alpha value is 0.430. The number of nitrogens with two attached hydrogens (primary N) is 2. The third-order valence-corrected chi connectivity index (χ3v) is 3.24. The van der Waals surface area contributed by atoms with Gasteiger partial charge in [0.1, 0.15) is 0 Å². The number of halogens is 2. The molecule has 1 heterocycles. The number of thiophene rings is 1. The Morgan fingerprint density at radius 3 is 2.62 bits per heavy atom. The Kier molecular flexibility index (Phi) is 7.05. The molecule has 0 saturated carbocycles. The van der Waals surface area contributed by atoms with Crippen LogP contribution in [0.5, 0.6) is 0 Å². The second-order valence-corrected chi connectivity index (χ2v) is 5.32. The van der Waals surface area contributed by atoms with Crippen molar-refractivity contribution in [1.29, 1.82) is 0 Å². The van der Waals surface area contributed by atoms with E-state index in [9.17, 15) is 0 Å². The Morgan fingerprint density at radius 2 is 2.15 bits per heavy atom. The van der Waals surface area contributed by atoms with Crippen molar-refractivity contribution in [2.45, 2.75) is 6.42 Å². The Labute approximate surface area is 112 Å². The minimum absolute atomic E-state index is 0. The van der Waals surface area contributed by atoms with Gasteiger partial charge in [-0.05, 0) is 34.7 Å². The van der Waals surface area contributed by atoms with Gasteiger partial charge in [-0.3, -0.25) is 4.99 Å². The molecule has 0 aliphatic rings. The predicted octanol–water partition coefficient (Wildman–Crippen LogP) is 1.79. The van der Waals surface area contributed by atoms with Crippen molar-refractivity contribution in [1.82, 2.24) is 0 Å². The molecule has 0 radical (unpaired) electrons. The van der Waals surface area contributed by atoms with Crippen LogP contribution in [0.4, 0.5) is 0 Å². The average Bonchev–Trinajstić information content (AvgIpc) is 2.35. The maximum absolute atomic E-state index is 5.19. The normalized spacial score (nSPS) is 9.00. The van der Waals surface area contributed by atoms with Gasteiger partial charge >= 0.3 is 0 Å². The molecule has 13 heavy (non-hydrogen) atoms. The van der Waals surface area contributed by atoms with Crippen molar-refractivity contribution in [3.63, 3.8) is 0 Å². The molecule has 0 amide bonds. The summed E-state index contributed by atoms with van der Waals surface area (Å²) < 4.78 is 1.30. The van der Waals surface area contributed by atoms with Crippen LogP contribution in [0.15, 0.2) is 17.1 Å². The van der Waals surface area contributed by atoms with Gasteiger partial charge in [0.15, 0.2) is 5.96 Å². The summed E-state index contributed by atoms with van der Waals surface area (Å²) in [7, 11) is 0. The molecule has 0 fully saturated rings. The van der Waals surface area contributed by atoms with Gasteiger partial charge in [0.2, 0.25) is 0 Å². The zero-order valence-electron chi connectivity index (χ0n) is 6.87. The summed E-state index contributed by atoms with van der Waals surface area (Å²) in [4.78, 5) is 5.23. The van der Waals surface area contributed by atoms with Crippen LogP contribution in [0.1, 0.15) is 4.88 Å². The Balaban J connectivity index is 0.00000144. The maximum Gasteiger partial charge on any atom is 0.185 e. The summed E-state index contributed by atoms with van der Waals surface area (Å²) >= 11 is 4.07. The first-order valence-corrected chi connectivity index (χ1v) is 5.37. The minimum atomic E-state index is 0. The van der Waals surface area contributed by atoms with Gasteiger partial charge in [-0.2, -0.15) is 0 Å². The molecule has 6 heteroatoms. The number of hydrogen-bond acceptors (Lipinski definition) is 2. The van der Waals surface area contributed by atoms with E-state index in [-0.39, 0.29) is 29.9 Å². The minimum Gasteiger partial charge on any atom is -0.370 e. The highest BCUT2D eigenvalue weighted by atomic mass is 127. The van der Waals surface area contributed by atoms with Crippen LogP contribution in [0, 0.1) is 2.88 Å². The van der Waals surface area contributed by atoms with Crippen molar-refractivity contribution in [2.75, 3.05) is 6.54 Å². The van der Waals surface area contributed by atoms with Crippen LogP contribution in [-0.4, -0.2) is 12.5 Å². The summed E-state index contributed by atoms with van der Waals surface area (Å²) in [5.74, 6) is 0.168. The highest BCUT2D eigenvalue weighted by molar-refractivity contribution is 14.1. The Bertz CT molecular complexity index is 281. The number of aliphatic imine (C=N–C) groups is 1. The molecule has 0 unspecified atom stereocenters. The van der Waals surface area contributed by atoms with Crippen molar-refractivity contribution in [3.8, 4) is 0 Å². The second kappa shape index (κ2) is 6.82. The van der Waals surface area contributed by atoms with Gasteiger partial charge in [-0.25, -0.2) is 0 Å². The van der Waals surface area contributed by atoms with Crippen LogP contribution in [0.2, 0.25) is 0 Å². The molecule has 0 aliphatic heterocycles. The fourth-order valence-electron chi connectivity index (χ4n) is 0.781. The van der Waals surface area contributed by atoms with E-state index in [1.807, 2.05) is 0 Å². The molecule has 0 bridgehead atoms. The highest BCUT2D eigenvalue weighted by Crippen LogP contribution is 2.18. The third-order valence-electron chi connectivity index (χ3n) is 1.28. The number of rotatable bonds is 3. The average molecular weight is 423 g/mol. The molecule has 0 aliphatic carbocycles. The third kappa shape index (κ3) is 5.68. The maximum atomic E-state index is 5.19. The van der Waals surface area contributed by atoms with Crippen LogP contribution >= 0.6 is 57.9 Å². The molecule has 0 atom stereocenters. The molecule has 1 aromatic heterocycles. The first-order chi connectivity index (χ1) is 5.68. The molecule has 0 saturated heterocycles. The van der Waals surface area contributed by atoms with E-state index < -0.39 is 0 Å². The summed E-state index contributed by atoms with van der Waals surface area (Å²) in [5.41, 5.74) is 10.4. The van der Waals surface area contributed by atoms with Gasteiger partial charge in [0.25, 0.3) is 0 Å². The molecule has 1 rings (SSSR count). The van der Waals surface area contributed by atoms with Gasteiger partial charge < -0.3 is 11.5 Å². The number of guanidine groups is 1. The first kappa shape index (κ1) is 13.4. The van der Waals surface area contributed by atoms with E-state index in [4.69, 9.17) is 11.5 Å². The molecule has 0 spiro atoms. The Morgan fingerprint density at radius 1 is 1.46 bits per heavy atom. The lowest BCUT2D eigenvalue weighted by Crippen LogP contribution is -2.23. The summed E-state index contributed by atoms with van der Waals surface area (Å²) in [6.07, 6.45) is 0.922. The number of nitrogens with zero attached hydrogens (tertiary/aromatic N) is 1. The lowest BCUT2D eigenvalue weighted by Gasteiger charge is -1.92. The molecule has 1 aromatic rings. The lowest BCUT2D eigenvalue weighted by molar-refractivity contribution is 0.981. The van der Waals surface area contributed by atoms with Gasteiger partial charge in [0, 0.05) is 17.8 Å². The first-order valence-electron chi connectivity index (χ1n) is 3.48. The fourth-order valence-corrected chi connectivity index (χ4v) is 2.53. The van der Waals surface area contributed by atoms with Gasteiger partial charge in [0.05, 0.1) is 2.88 Å². The smallest absolute Gasteiger partial charge is 0.185 e. The van der Waals surface area contributed by atoms with E-state index >= 15 is 0 Å². The van der Waals surface area contributed by atoms with Crippen molar-refractivity contribution >= 4 is 63.9 Å². The zero-order valence-corrected chi connectivity index (χ0v) is 12.2. The van der Waals surface area contributed by atoms with Crippen molar-refractivity contribution in [3.05, 3.63) is 19.9 Å². The zero-order chi connectivity index (χ0) is 8.97. The van der Waals surface area contributed by atoms with Crippen molar-refractivity contribution < 1.29 is 0 Å². The SMILES string of the molecule is I.NC(N)=NCCc1ccc(I)s1. The van der Waals surface area contributed by atoms with Gasteiger partial charge in [-0.1, -0.05) is 0 Å². The molecule has 0 aromatic carbocycles. The molecular formula is C7H11I2N3S. The molecular weight excluding hydrogens is 412 g/mol. The van der Waals surface area contributed by atoms with Crippen LogP contribution in [0.3, 0.4) is 0 Å². The van der Waals surface area contributed by atoms with Crippen LogP contribution in [-0.2, 0) is 6.42 Å². The summed E-state index contributed by atoms with van der Waals surface area (Å²) in [6, 6.07) is 4.20. The largest absolute Gasteiger partial charge is 0.370 e. The van der Waals surface area contributed by atoms with Crippen molar-refractivity contribution in [2.24, 2.45) is 16.5 Å². The molecule has 4 N–H and O–H groups in total. The highest BCUT2D eigenvalue weighted by Gasteiger charge is 1.95. The monoisotopic (exact) mass is 423 g/mol. The summed E-state index contributed by atoms with van der Waals surface area (Å²) in [5, 5.41) is 0. The van der Waals surface area contributed by atoms with Gasteiger partial charge in [-0.15, -0.1) is 35.3 Å². The van der Waals surface area contributed by atoms with E-state index in [0.29, 0.717) is 6.54 Å².